The van der Waals surface area contributed by atoms with Crippen molar-refractivity contribution in [1.29, 1.82) is 0 Å². The van der Waals surface area contributed by atoms with Crippen LogP contribution in [0.3, 0.4) is 0 Å². The molecule has 1 unspecified atom stereocenters. The Morgan fingerprint density at radius 3 is 2.80 bits per heavy atom. The van der Waals surface area contributed by atoms with Gasteiger partial charge in [0.05, 0.1) is 6.10 Å². The van der Waals surface area contributed by atoms with Gasteiger partial charge in [0.2, 0.25) is 0 Å². The van der Waals surface area contributed by atoms with Gasteiger partial charge in [0.15, 0.2) is 0 Å². The van der Waals surface area contributed by atoms with Crippen molar-refractivity contribution in [3.63, 3.8) is 0 Å². The number of aromatic nitrogens is 3. The predicted octanol–water partition coefficient (Wildman–Crippen LogP) is 2.19. The molecule has 1 aliphatic rings. The van der Waals surface area contributed by atoms with Crippen LogP contribution in [0.25, 0.3) is 0 Å². The van der Waals surface area contributed by atoms with E-state index in [9.17, 15) is 0 Å². The van der Waals surface area contributed by atoms with Gasteiger partial charge in [-0.15, -0.1) is 0 Å². The van der Waals surface area contributed by atoms with Crippen LogP contribution in [0.4, 0.5) is 0 Å². The van der Waals surface area contributed by atoms with Gasteiger partial charge in [-0.3, -0.25) is 0 Å². The van der Waals surface area contributed by atoms with Crippen molar-refractivity contribution in [2.24, 2.45) is 5.92 Å². The van der Waals surface area contributed by atoms with Gasteiger partial charge in [0, 0.05) is 25.1 Å². The number of nitrogens with zero attached hydrogens (tertiary/aromatic N) is 3. The van der Waals surface area contributed by atoms with Gasteiger partial charge >= 0.3 is 0 Å². The first-order valence-electron chi connectivity index (χ1n) is 7.81. The molecule has 5 nitrogen and oxygen atoms in total. The molecule has 1 atom stereocenters. The normalized spacial score (nSPS) is 23.9. The minimum Gasteiger partial charge on any atom is -0.378 e. The van der Waals surface area contributed by atoms with E-state index in [1.54, 1.807) is 6.33 Å². The number of rotatable bonds is 8. The van der Waals surface area contributed by atoms with E-state index in [1.165, 1.54) is 19.3 Å². The lowest BCUT2D eigenvalue weighted by atomic mass is 9.77. The van der Waals surface area contributed by atoms with Crippen molar-refractivity contribution in [1.82, 2.24) is 20.1 Å². The maximum atomic E-state index is 5.63. The highest BCUT2D eigenvalue weighted by molar-refractivity contribution is 4.93. The number of ether oxygens (including phenoxy) is 1. The lowest BCUT2D eigenvalue weighted by Crippen LogP contribution is -2.38. The Labute approximate surface area is 122 Å². The molecule has 1 aromatic heterocycles. The van der Waals surface area contributed by atoms with Gasteiger partial charge < -0.3 is 10.1 Å². The van der Waals surface area contributed by atoms with E-state index in [-0.39, 0.29) is 0 Å². The predicted molar refractivity (Wildman–Crippen MR) is 79.7 cm³/mol. The molecule has 0 aliphatic heterocycles. The maximum absolute atomic E-state index is 5.63. The summed E-state index contributed by atoms with van der Waals surface area (Å²) in [5, 5.41) is 7.74. The average Bonchev–Trinajstić information content (AvgIpc) is 2.83. The van der Waals surface area contributed by atoms with Gasteiger partial charge in [-0.25, -0.2) is 9.67 Å². The first kappa shape index (κ1) is 15.4. The minimum absolute atomic E-state index is 0.371. The third-order valence-electron chi connectivity index (χ3n) is 4.19. The molecule has 1 aromatic rings. The summed E-state index contributed by atoms with van der Waals surface area (Å²) in [4.78, 5) is 4.41. The van der Waals surface area contributed by atoms with E-state index in [1.807, 2.05) is 11.7 Å². The Kier molecular flexibility index (Phi) is 5.54. The van der Waals surface area contributed by atoms with Crippen LogP contribution < -0.4 is 5.32 Å². The molecule has 1 saturated carbocycles. The van der Waals surface area contributed by atoms with Crippen molar-refractivity contribution >= 4 is 0 Å². The van der Waals surface area contributed by atoms with Crippen LogP contribution >= 0.6 is 0 Å². The van der Waals surface area contributed by atoms with Crippen LogP contribution in [0.5, 0.6) is 0 Å². The molecule has 1 heterocycles. The van der Waals surface area contributed by atoms with Crippen LogP contribution in [0, 0.1) is 5.92 Å². The Hall–Kier alpha value is -0.940. The molecule has 114 valence electrons. The van der Waals surface area contributed by atoms with E-state index >= 15 is 0 Å². The lowest BCUT2D eigenvalue weighted by Gasteiger charge is -2.37. The molecule has 1 N–H and O–H groups in total. The topological polar surface area (TPSA) is 52.0 Å². The summed E-state index contributed by atoms with van der Waals surface area (Å²) in [5.74, 6) is 1.87. The van der Waals surface area contributed by atoms with Crippen LogP contribution in [0.2, 0.25) is 0 Å². The zero-order chi connectivity index (χ0) is 14.5. The largest absolute Gasteiger partial charge is 0.378 e. The molecule has 1 fully saturated rings. The summed E-state index contributed by atoms with van der Waals surface area (Å²) in [7, 11) is 2.04. The minimum atomic E-state index is 0.371. The molecule has 2 rings (SSSR count). The van der Waals surface area contributed by atoms with Crippen molar-refractivity contribution in [2.45, 2.75) is 64.6 Å². The second-order valence-electron chi connectivity index (χ2n) is 6.05. The molecule has 0 spiro atoms. The highest BCUT2D eigenvalue weighted by Gasteiger charge is 2.31. The van der Waals surface area contributed by atoms with Gasteiger partial charge in [-0.1, -0.05) is 0 Å². The summed E-state index contributed by atoms with van der Waals surface area (Å²) in [6, 6.07) is 0.848. The molecular weight excluding hydrogens is 252 g/mol. The molecular formula is C15H28N4O. The quantitative estimate of drug-likeness (QED) is 0.793. The Balaban J connectivity index is 1.82. The highest BCUT2D eigenvalue weighted by Crippen LogP contribution is 2.34. The Bertz CT molecular complexity index is 398. The summed E-state index contributed by atoms with van der Waals surface area (Å²) >= 11 is 0. The smallest absolute Gasteiger partial charge is 0.138 e. The fourth-order valence-corrected chi connectivity index (χ4v) is 3.02. The molecule has 0 amide bonds. The van der Waals surface area contributed by atoms with E-state index in [4.69, 9.17) is 4.74 Å². The first-order valence-corrected chi connectivity index (χ1v) is 7.81. The lowest BCUT2D eigenvalue weighted by molar-refractivity contribution is -0.0289. The number of likely N-dealkylation sites (N-methyl/N-ethyl adjacent to an activating group) is 1. The van der Waals surface area contributed by atoms with E-state index < -0.39 is 0 Å². The summed E-state index contributed by atoms with van der Waals surface area (Å²) in [6.45, 7) is 7.20. The molecule has 0 aromatic carbocycles. The summed E-state index contributed by atoms with van der Waals surface area (Å²) in [5.41, 5.74) is 0. The van der Waals surface area contributed by atoms with Gasteiger partial charge in [0.25, 0.3) is 0 Å². The Morgan fingerprint density at radius 1 is 1.45 bits per heavy atom. The van der Waals surface area contributed by atoms with Gasteiger partial charge in [-0.2, -0.15) is 5.10 Å². The van der Waals surface area contributed by atoms with Crippen molar-refractivity contribution in [3.05, 3.63) is 12.2 Å². The second kappa shape index (κ2) is 7.18. The summed E-state index contributed by atoms with van der Waals surface area (Å²) < 4.78 is 7.65. The van der Waals surface area contributed by atoms with Crippen LogP contribution in [0.1, 0.15) is 51.9 Å². The van der Waals surface area contributed by atoms with E-state index in [0.717, 1.165) is 24.8 Å². The second-order valence-corrected chi connectivity index (χ2v) is 6.05. The number of hydrogen-bond donors (Lipinski definition) is 1. The van der Waals surface area contributed by atoms with Crippen LogP contribution in [-0.2, 0) is 11.2 Å². The average molecular weight is 280 g/mol. The Morgan fingerprint density at radius 2 is 2.20 bits per heavy atom. The monoisotopic (exact) mass is 280 g/mol. The standard InChI is InChI=1S/C15H28N4O/c1-5-20-14-7-12(8-14)6-13(16-4)9-15-17-10-18-19(15)11(2)3/h10-14,16H,5-9H2,1-4H3. The van der Waals surface area contributed by atoms with Crippen molar-refractivity contribution in [3.8, 4) is 0 Å². The van der Waals surface area contributed by atoms with Crippen molar-refractivity contribution in [2.75, 3.05) is 13.7 Å². The third-order valence-corrected chi connectivity index (χ3v) is 4.19. The van der Waals surface area contributed by atoms with Crippen molar-refractivity contribution < 1.29 is 4.74 Å². The first-order chi connectivity index (χ1) is 9.63. The van der Waals surface area contributed by atoms with Crippen LogP contribution in [-0.4, -0.2) is 40.6 Å². The molecule has 1 aliphatic carbocycles. The van der Waals surface area contributed by atoms with E-state index in [2.05, 4.69) is 36.2 Å². The van der Waals surface area contributed by atoms with Gasteiger partial charge in [-0.05, 0) is 53.0 Å². The molecule has 0 saturated heterocycles. The fourth-order valence-electron chi connectivity index (χ4n) is 3.02. The van der Waals surface area contributed by atoms with Gasteiger partial charge in [0.1, 0.15) is 12.2 Å². The zero-order valence-corrected chi connectivity index (χ0v) is 13.2. The summed E-state index contributed by atoms with van der Waals surface area (Å²) in [6.07, 6.45) is 6.74. The highest BCUT2D eigenvalue weighted by atomic mass is 16.5. The molecule has 20 heavy (non-hydrogen) atoms. The number of nitrogens with one attached hydrogen (secondary N) is 1. The maximum Gasteiger partial charge on any atom is 0.138 e. The zero-order valence-electron chi connectivity index (χ0n) is 13.2. The fraction of sp³-hybridized carbons (Fsp3) is 0.867. The SMILES string of the molecule is CCOC1CC(CC(Cc2ncnn2C(C)C)NC)C1. The molecule has 0 bridgehead atoms. The number of hydrogen-bond acceptors (Lipinski definition) is 4. The molecule has 0 radical (unpaired) electrons. The molecule has 5 heteroatoms. The van der Waals surface area contributed by atoms with Crippen LogP contribution in [0.15, 0.2) is 6.33 Å². The van der Waals surface area contributed by atoms with E-state index in [0.29, 0.717) is 18.2 Å². The third kappa shape index (κ3) is 3.79.